The van der Waals surface area contributed by atoms with Gasteiger partial charge >= 0.3 is 0 Å². The average Bonchev–Trinajstić information content (AvgIpc) is 3.13. The molecular weight excluding hydrogens is 362 g/mol. The molecule has 140 valence electrons. The molecular formula is C17H26ClN3O3S. The van der Waals surface area contributed by atoms with Crippen LogP contribution in [0.15, 0.2) is 23.1 Å². The van der Waals surface area contributed by atoms with Crippen LogP contribution >= 0.6 is 12.4 Å². The molecule has 25 heavy (non-hydrogen) atoms. The van der Waals surface area contributed by atoms with E-state index in [9.17, 15) is 8.42 Å². The third kappa shape index (κ3) is 3.80. The van der Waals surface area contributed by atoms with E-state index >= 15 is 0 Å². The fraction of sp³-hybridized carbons (Fsp3) is 0.647. The molecule has 1 aromatic carbocycles. The van der Waals surface area contributed by atoms with Crippen LogP contribution in [0.1, 0.15) is 18.4 Å². The van der Waals surface area contributed by atoms with E-state index in [-0.39, 0.29) is 12.4 Å². The summed E-state index contributed by atoms with van der Waals surface area (Å²) in [5, 5.41) is 3.35. The van der Waals surface area contributed by atoms with E-state index in [0.717, 1.165) is 63.4 Å². The average molecular weight is 388 g/mol. The molecule has 1 unspecified atom stereocenters. The maximum Gasteiger partial charge on any atom is 0.243 e. The van der Waals surface area contributed by atoms with Crippen LogP contribution < -0.4 is 10.1 Å². The first-order chi connectivity index (χ1) is 11.6. The number of aryl methyl sites for hydroxylation is 1. The molecule has 8 heteroatoms. The van der Waals surface area contributed by atoms with Gasteiger partial charge in [-0.2, -0.15) is 4.31 Å². The topological polar surface area (TPSA) is 61.9 Å². The van der Waals surface area contributed by atoms with Gasteiger partial charge in [-0.3, -0.25) is 4.90 Å². The van der Waals surface area contributed by atoms with Crippen molar-refractivity contribution < 1.29 is 13.2 Å². The Kier molecular flexibility index (Phi) is 5.90. The van der Waals surface area contributed by atoms with E-state index in [1.165, 1.54) is 0 Å². The minimum atomic E-state index is -3.41. The van der Waals surface area contributed by atoms with Gasteiger partial charge in [-0.15, -0.1) is 12.4 Å². The van der Waals surface area contributed by atoms with Crippen molar-refractivity contribution in [1.29, 1.82) is 0 Å². The van der Waals surface area contributed by atoms with E-state index in [1.54, 1.807) is 10.4 Å². The summed E-state index contributed by atoms with van der Waals surface area (Å²) in [5.74, 6) is 0.834. The molecule has 0 amide bonds. The number of hydrogen-bond acceptors (Lipinski definition) is 5. The Morgan fingerprint density at radius 2 is 1.96 bits per heavy atom. The summed E-state index contributed by atoms with van der Waals surface area (Å²) in [4.78, 5) is 2.83. The van der Waals surface area contributed by atoms with Gasteiger partial charge in [0.2, 0.25) is 10.0 Å². The molecule has 4 rings (SSSR count). The number of sulfonamides is 1. The number of fused-ring (bicyclic) bond motifs is 1. The molecule has 0 radical (unpaired) electrons. The first kappa shape index (κ1) is 18.9. The number of rotatable bonds is 3. The zero-order valence-corrected chi connectivity index (χ0v) is 15.9. The van der Waals surface area contributed by atoms with E-state index in [4.69, 9.17) is 4.74 Å². The summed E-state index contributed by atoms with van der Waals surface area (Å²) in [6.45, 7) is 5.95. The van der Waals surface area contributed by atoms with Gasteiger partial charge in [0.25, 0.3) is 0 Å². The molecule has 2 saturated heterocycles. The highest BCUT2D eigenvalue weighted by Gasteiger charge is 2.35. The molecule has 0 saturated carbocycles. The van der Waals surface area contributed by atoms with Gasteiger partial charge in [-0.25, -0.2) is 8.42 Å². The first-order valence-electron chi connectivity index (χ1n) is 8.85. The zero-order chi connectivity index (χ0) is 16.6. The lowest BCUT2D eigenvalue weighted by Gasteiger charge is -2.32. The maximum absolute atomic E-state index is 13.0. The van der Waals surface area contributed by atoms with Gasteiger partial charge in [0, 0.05) is 45.3 Å². The van der Waals surface area contributed by atoms with Crippen molar-refractivity contribution in [2.75, 3.05) is 45.9 Å². The van der Waals surface area contributed by atoms with E-state index in [1.807, 2.05) is 12.1 Å². The van der Waals surface area contributed by atoms with E-state index in [0.29, 0.717) is 24.0 Å². The molecule has 3 heterocycles. The van der Waals surface area contributed by atoms with Crippen LogP contribution in [0.2, 0.25) is 0 Å². The quantitative estimate of drug-likeness (QED) is 0.841. The minimum absolute atomic E-state index is 0. The Bertz CT molecular complexity index is 707. The molecule has 1 atom stereocenters. The van der Waals surface area contributed by atoms with Crippen molar-refractivity contribution in [3.63, 3.8) is 0 Å². The lowest BCUT2D eigenvalue weighted by molar-refractivity contribution is 0.179. The van der Waals surface area contributed by atoms with E-state index < -0.39 is 10.0 Å². The summed E-state index contributed by atoms with van der Waals surface area (Å²) < 4.78 is 33.3. The lowest BCUT2D eigenvalue weighted by Crippen LogP contribution is -2.49. The Labute approximate surface area is 156 Å². The summed E-state index contributed by atoms with van der Waals surface area (Å²) in [6, 6.07) is 5.66. The molecule has 0 aliphatic carbocycles. The predicted molar refractivity (Wildman–Crippen MR) is 99.1 cm³/mol. The number of benzene rings is 1. The van der Waals surface area contributed by atoms with Gasteiger partial charge in [0.15, 0.2) is 0 Å². The first-order valence-corrected chi connectivity index (χ1v) is 10.3. The van der Waals surface area contributed by atoms with Crippen molar-refractivity contribution in [2.24, 2.45) is 0 Å². The Morgan fingerprint density at radius 1 is 1.16 bits per heavy atom. The second-order valence-electron chi connectivity index (χ2n) is 6.81. The third-order valence-corrected chi connectivity index (χ3v) is 7.17. The monoisotopic (exact) mass is 387 g/mol. The zero-order valence-electron chi connectivity index (χ0n) is 14.3. The van der Waals surface area contributed by atoms with Gasteiger partial charge < -0.3 is 10.1 Å². The number of nitrogens with zero attached hydrogens (tertiary/aromatic N) is 2. The Balaban J connectivity index is 0.00000182. The summed E-state index contributed by atoms with van der Waals surface area (Å²) >= 11 is 0. The van der Waals surface area contributed by atoms with Crippen LogP contribution in [0.3, 0.4) is 0 Å². The van der Waals surface area contributed by atoms with Crippen LogP contribution in [0.25, 0.3) is 0 Å². The summed E-state index contributed by atoms with van der Waals surface area (Å²) in [7, 11) is -3.41. The molecule has 6 nitrogen and oxygen atoms in total. The van der Waals surface area contributed by atoms with Gasteiger partial charge in [-0.1, -0.05) is 0 Å². The molecule has 2 fully saturated rings. The molecule has 3 aliphatic heterocycles. The van der Waals surface area contributed by atoms with Gasteiger partial charge in [0.1, 0.15) is 5.75 Å². The second kappa shape index (κ2) is 7.80. The number of halogens is 1. The molecule has 1 N–H and O–H groups in total. The highest BCUT2D eigenvalue weighted by atomic mass is 35.5. The molecule has 3 aliphatic rings. The van der Waals surface area contributed by atoms with Crippen molar-refractivity contribution in [1.82, 2.24) is 14.5 Å². The van der Waals surface area contributed by atoms with Crippen molar-refractivity contribution >= 4 is 22.4 Å². The van der Waals surface area contributed by atoms with Crippen LogP contribution in [0.4, 0.5) is 0 Å². The maximum atomic E-state index is 13.0. The third-order valence-electron chi connectivity index (χ3n) is 5.31. The molecule has 1 aromatic rings. The van der Waals surface area contributed by atoms with Crippen molar-refractivity contribution in [3.05, 3.63) is 23.8 Å². The number of ether oxygens (including phenoxy) is 1. The van der Waals surface area contributed by atoms with Gasteiger partial charge in [-0.05, 0) is 43.0 Å². The van der Waals surface area contributed by atoms with Crippen LogP contribution in [0.5, 0.6) is 5.75 Å². The summed E-state index contributed by atoms with van der Waals surface area (Å²) in [5.41, 5.74) is 1.01. The van der Waals surface area contributed by atoms with Crippen LogP contribution in [-0.4, -0.2) is 69.5 Å². The van der Waals surface area contributed by atoms with Crippen molar-refractivity contribution in [3.8, 4) is 5.75 Å². The Morgan fingerprint density at radius 3 is 2.76 bits per heavy atom. The second-order valence-corrected chi connectivity index (χ2v) is 8.75. The predicted octanol–water partition coefficient (Wildman–Crippen LogP) is 1.10. The SMILES string of the molecule is Cl.O=S(=O)(c1ccc2c(c1)CCCO2)N1CCC(N2CCNCC2)C1. The smallest absolute Gasteiger partial charge is 0.243 e. The normalized spacial score (nSPS) is 25.0. The Hall–Kier alpha value is -0.860. The standard InChI is InChI=1S/C17H25N3O3S.ClH/c21-24(22,16-3-4-17-14(12-16)2-1-11-23-17)20-8-5-15(13-20)19-9-6-18-7-10-19;/h3-4,12,15,18H,1-2,5-11,13H2;1H. The summed E-state index contributed by atoms with van der Waals surface area (Å²) in [6.07, 6.45) is 2.76. The fourth-order valence-electron chi connectivity index (χ4n) is 3.92. The number of nitrogens with one attached hydrogen (secondary N) is 1. The largest absolute Gasteiger partial charge is 0.493 e. The fourth-order valence-corrected chi connectivity index (χ4v) is 5.46. The lowest BCUT2D eigenvalue weighted by atomic mass is 10.1. The highest BCUT2D eigenvalue weighted by molar-refractivity contribution is 7.89. The highest BCUT2D eigenvalue weighted by Crippen LogP contribution is 2.30. The number of piperazine rings is 1. The number of hydrogen-bond donors (Lipinski definition) is 1. The molecule has 0 aromatic heterocycles. The van der Waals surface area contributed by atoms with E-state index in [2.05, 4.69) is 10.2 Å². The van der Waals surface area contributed by atoms with Crippen LogP contribution in [0, 0.1) is 0 Å². The molecule has 0 bridgehead atoms. The van der Waals surface area contributed by atoms with Crippen LogP contribution in [-0.2, 0) is 16.4 Å². The van der Waals surface area contributed by atoms with Gasteiger partial charge in [0.05, 0.1) is 11.5 Å². The molecule has 0 spiro atoms. The van der Waals surface area contributed by atoms with Crippen molar-refractivity contribution in [2.45, 2.75) is 30.2 Å². The minimum Gasteiger partial charge on any atom is -0.493 e.